The van der Waals surface area contributed by atoms with E-state index < -0.39 is 6.04 Å². The first-order valence-electron chi connectivity index (χ1n) is 11.1. The number of carbonyl (C=O) groups excluding carboxylic acids is 1. The fraction of sp³-hybridized carbons (Fsp3) is 0.375. The summed E-state index contributed by atoms with van der Waals surface area (Å²) in [5.41, 5.74) is 2.35. The fourth-order valence-corrected chi connectivity index (χ4v) is 4.79. The standard InChI is InChI=1S/C24H25ClFN5O2/c1-15-28-29-23(31(15)12-16-7-9-17(25)10-8-16)22-6-3-11-30(22)24(32)27-21-14-33-13-19-18(21)4-2-5-20(19)26/h2,4-5,7-10,21-22H,3,6,11-14H2,1H3,(H,27,32)/t21-,22-/m1/s1. The molecule has 0 bridgehead atoms. The number of halogens is 2. The first-order chi connectivity index (χ1) is 16.0. The molecule has 0 saturated carbocycles. The summed E-state index contributed by atoms with van der Waals surface area (Å²) in [6, 6.07) is 11.8. The van der Waals surface area contributed by atoms with Crippen LogP contribution in [0.15, 0.2) is 42.5 Å². The van der Waals surface area contributed by atoms with E-state index in [1.165, 1.54) is 6.07 Å². The van der Waals surface area contributed by atoms with Crippen LogP contribution in [-0.2, 0) is 17.9 Å². The minimum absolute atomic E-state index is 0.185. The summed E-state index contributed by atoms with van der Waals surface area (Å²) >= 11 is 6.02. The van der Waals surface area contributed by atoms with Crippen LogP contribution in [0.1, 0.15) is 53.3 Å². The zero-order valence-corrected chi connectivity index (χ0v) is 19.1. The topological polar surface area (TPSA) is 72.3 Å². The smallest absolute Gasteiger partial charge is 0.318 e. The van der Waals surface area contributed by atoms with Crippen LogP contribution in [0, 0.1) is 12.7 Å². The fourth-order valence-electron chi connectivity index (χ4n) is 4.66. The Morgan fingerprint density at radius 2 is 2.06 bits per heavy atom. The second kappa shape index (κ2) is 9.11. The van der Waals surface area contributed by atoms with Crippen LogP contribution in [0.3, 0.4) is 0 Å². The van der Waals surface area contributed by atoms with E-state index in [2.05, 4.69) is 15.5 Å². The number of urea groups is 1. The molecule has 3 aromatic rings. The summed E-state index contributed by atoms with van der Waals surface area (Å²) in [5.74, 6) is 1.25. The molecule has 2 aliphatic rings. The molecule has 2 atom stereocenters. The Bertz CT molecular complexity index is 1170. The lowest BCUT2D eigenvalue weighted by atomic mass is 9.98. The van der Waals surface area contributed by atoms with E-state index in [1.807, 2.05) is 41.8 Å². The summed E-state index contributed by atoms with van der Waals surface area (Å²) in [4.78, 5) is 15.1. The van der Waals surface area contributed by atoms with Gasteiger partial charge in [0.05, 0.1) is 31.8 Å². The van der Waals surface area contributed by atoms with Crippen LogP contribution in [0.5, 0.6) is 0 Å². The van der Waals surface area contributed by atoms with Gasteiger partial charge in [0.1, 0.15) is 11.6 Å². The van der Waals surface area contributed by atoms with E-state index in [4.69, 9.17) is 16.3 Å². The summed E-state index contributed by atoms with van der Waals surface area (Å²) in [7, 11) is 0. The predicted molar refractivity (Wildman–Crippen MR) is 121 cm³/mol. The molecule has 1 saturated heterocycles. The number of nitrogens with one attached hydrogen (secondary N) is 1. The van der Waals surface area contributed by atoms with Crippen molar-refractivity contribution in [2.45, 2.75) is 45.0 Å². The van der Waals surface area contributed by atoms with Gasteiger partial charge in [0.2, 0.25) is 0 Å². The highest BCUT2D eigenvalue weighted by atomic mass is 35.5. The van der Waals surface area contributed by atoms with Crippen LogP contribution in [0.25, 0.3) is 0 Å². The van der Waals surface area contributed by atoms with Crippen LogP contribution >= 0.6 is 11.6 Å². The van der Waals surface area contributed by atoms with Gasteiger partial charge in [-0.05, 0) is 49.1 Å². The maximum absolute atomic E-state index is 14.2. The quantitative estimate of drug-likeness (QED) is 0.608. The number of rotatable bonds is 4. The number of aromatic nitrogens is 3. The SMILES string of the molecule is Cc1nnc([C@H]2CCCN2C(=O)N[C@@H]2COCc3c(F)cccc32)n1Cc1ccc(Cl)cc1. The van der Waals surface area contributed by atoms with Crippen molar-refractivity contribution in [3.8, 4) is 0 Å². The van der Waals surface area contributed by atoms with Gasteiger partial charge in [-0.2, -0.15) is 0 Å². The minimum atomic E-state index is -0.396. The first-order valence-corrected chi connectivity index (χ1v) is 11.5. The number of carbonyl (C=O) groups is 1. The van der Waals surface area contributed by atoms with E-state index in [-0.39, 0.29) is 24.5 Å². The Morgan fingerprint density at radius 3 is 2.88 bits per heavy atom. The molecule has 1 fully saturated rings. The Morgan fingerprint density at radius 1 is 1.24 bits per heavy atom. The number of hydrogen-bond donors (Lipinski definition) is 1. The maximum Gasteiger partial charge on any atom is 0.318 e. The average molecular weight is 470 g/mol. The van der Waals surface area contributed by atoms with Crippen LogP contribution in [0.2, 0.25) is 5.02 Å². The molecular weight excluding hydrogens is 445 g/mol. The Balaban J connectivity index is 1.36. The Hall–Kier alpha value is -2.97. The van der Waals surface area contributed by atoms with E-state index in [9.17, 15) is 9.18 Å². The minimum Gasteiger partial charge on any atom is -0.374 e. The number of aryl methyl sites for hydroxylation is 1. The molecule has 0 spiro atoms. The van der Waals surface area contributed by atoms with Crippen molar-refractivity contribution >= 4 is 17.6 Å². The molecule has 0 aliphatic carbocycles. The number of nitrogens with zero attached hydrogens (tertiary/aromatic N) is 4. The van der Waals surface area contributed by atoms with E-state index in [0.717, 1.165) is 35.6 Å². The van der Waals surface area contributed by atoms with E-state index in [1.54, 1.807) is 11.0 Å². The third-order valence-corrected chi connectivity index (χ3v) is 6.64. The van der Waals surface area contributed by atoms with Crippen LogP contribution < -0.4 is 5.32 Å². The number of benzene rings is 2. The van der Waals surface area contributed by atoms with Gasteiger partial charge in [0.25, 0.3) is 0 Å². The molecule has 2 amide bonds. The highest BCUT2D eigenvalue weighted by Crippen LogP contribution is 2.33. The molecular formula is C24H25ClFN5O2. The summed E-state index contributed by atoms with van der Waals surface area (Å²) in [6.07, 6.45) is 1.68. The van der Waals surface area contributed by atoms with Gasteiger partial charge in [0, 0.05) is 17.1 Å². The first kappa shape index (κ1) is 21.9. The summed E-state index contributed by atoms with van der Waals surface area (Å²) < 4.78 is 21.8. The third-order valence-electron chi connectivity index (χ3n) is 6.39. The Labute approximate surface area is 196 Å². The monoisotopic (exact) mass is 469 g/mol. The molecule has 1 aromatic heterocycles. The normalized spacial score (nSPS) is 20.0. The molecule has 1 N–H and O–H groups in total. The van der Waals surface area contributed by atoms with E-state index >= 15 is 0 Å². The zero-order valence-electron chi connectivity index (χ0n) is 18.3. The predicted octanol–water partition coefficient (Wildman–Crippen LogP) is 4.55. The van der Waals surface area contributed by atoms with Crippen molar-refractivity contribution in [2.24, 2.45) is 0 Å². The maximum atomic E-state index is 14.2. The Kier molecular flexibility index (Phi) is 6.03. The molecule has 33 heavy (non-hydrogen) atoms. The third kappa shape index (κ3) is 4.32. The van der Waals surface area contributed by atoms with Crippen molar-refractivity contribution in [2.75, 3.05) is 13.2 Å². The molecule has 172 valence electrons. The van der Waals surface area contributed by atoms with Gasteiger partial charge >= 0.3 is 6.03 Å². The van der Waals surface area contributed by atoms with Gasteiger partial charge in [0.15, 0.2) is 5.82 Å². The van der Waals surface area contributed by atoms with Crippen molar-refractivity contribution < 1.29 is 13.9 Å². The van der Waals surface area contributed by atoms with Crippen molar-refractivity contribution in [3.05, 3.63) is 81.6 Å². The van der Waals surface area contributed by atoms with Gasteiger partial charge in [-0.25, -0.2) is 9.18 Å². The van der Waals surface area contributed by atoms with Crippen molar-refractivity contribution in [1.82, 2.24) is 25.0 Å². The van der Waals surface area contributed by atoms with Crippen LogP contribution in [-0.4, -0.2) is 38.8 Å². The second-order valence-electron chi connectivity index (χ2n) is 8.49. The molecule has 9 heteroatoms. The van der Waals surface area contributed by atoms with Gasteiger partial charge in [-0.15, -0.1) is 10.2 Å². The lowest BCUT2D eigenvalue weighted by Crippen LogP contribution is -2.44. The number of hydrogen-bond acceptors (Lipinski definition) is 4. The number of fused-ring (bicyclic) bond motifs is 1. The molecule has 0 radical (unpaired) electrons. The molecule has 2 aliphatic heterocycles. The molecule has 0 unspecified atom stereocenters. The van der Waals surface area contributed by atoms with Gasteiger partial charge in [-0.3, -0.25) is 0 Å². The average Bonchev–Trinajstić information content (AvgIpc) is 3.43. The van der Waals surface area contributed by atoms with Crippen molar-refractivity contribution in [1.29, 1.82) is 0 Å². The molecule has 5 rings (SSSR count). The van der Waals surface area contributed by atoms with Gasteiger partial charge in [-0.1, -0.05) is 35.9 Å². The lowest BCUT2D eigenvalue weighted by molar-refractivity contribution is 0.0788. The summed E-state index contributed by atoms with van der Waals surface area (Å²) in [6.45, 7) is 3.66. The summed E-state index contributed by atoms with van der Waals surface area (Å²) in [5, 5.41) is 12.5. The highest BCUT2D eigenvalue weighted by Gasteiger charge is 2.35. The molecule has 3 heterocycles. The highest BCUT2D eigenvalue weighted by molar-refractivity contribution is 6.30. The van der Waals surface area contributed by atoms with Crippen molar-refractivity contribution in [3.63, 3.8) is 0 Å². The number of amides is 2. The van der Waals surface area contributed by atoms with E-state index in [0.29, 0.717) is 30.3 Å². The van der Waals surface area contributed by atoms with Crippen LogP contribution in [0.4, 0.5) is 9.18 Å². The number of ether oxygens (including phenoxy) is 1. The zero-order chi connectivity index (χ0) is 22.9. The second-order valence-corrected chi connectivity index (χ2v) is 8.93. The number of likely N-dealkylation sites (tertiary alicyclic amines) is 1. The largest absolute Gasteiger partial charge is 0.374 e. The molecule has 2 aromatic carbocycles. The lowest BCUT2D eigenvalue weighted by Gasteiger charge is -2.31. The van der Waals surface area contributed by atoms with Gasteiger partial charge < -0.3 is 19.5 Å². The molecule has 7 nitrogen and oxygen atoms in total.